The van der Waals surface area contributed by atoms with Crippen molar-refractivity contribution in [2.45, 2.75) is 6.92 Å². The van der Waals surface area contributed by atoms with Gasteiger partial charge in [0.25, 0.3) is 0 Å². The molecule has 0 aliphatic carbocycles. The van der Waals surface area contributed by atoms with E-state index in [0.717, 1.165) is 0 Å². The van der Waals surface area contributed by atoms with Crippen LogP contribution in [0.3, 0.4) is 0 Å². The molecule has 2 N–H and O–H groups in total. The second kappa shape index (κ2) is 2.65. The van der Waals surface area contributed by atoms with Crippen LogP contribution in [0.2, 0.25) is 0 Å². The Hall–Kier alpha value is -1.45. The van der Waals surface area contributed by atoms with E-state index in [4.69, 9.17) is 10.2 Å². The van der Waals surface area contributed by atoms with E-state index in [1.165, 1.54) is 13.2 Å². The molecule has 0 bridgehead atoms. The number of rotatable bonds is 1. The van der Waals surface area contributed by atoms with Crippen LogP contribution >= 0.6 is 0 Å². The van der Waals surface area contributed by atoms with E-state index < -0.39 is 5.97 Å². The molecule has 0 atom stereocenters. The normalized spacial score (nSPS) is 9.64. The summed E-state index contributed by atoms with van der Waals surface area (Å²) in [6.07, 6.45) is 0. The second-order valence-corrected chi connectivity index (χ2v) is 2.11. The lowest BCUT2D eigenvalue weighted by atomic mass is 10.3. The minimum Gasteiger partial charge on any atom is -0.465 e. The Bertz CT molecular complexity index is 277. The molecule has 1 aromatic rings. The number of anilines is 1. The van der Waals surface area contributed by atoms with Crippen LogP contribution < -0.4 is 5.73 Å². The van der Waals surface area contributed by atoms with Crippen LogP contribution in [0.4, 0.5) is 5.88 Å². The number of furan rings is 1. The van der Waals surface area contributed by atoms with E-state index in [1.807, 2.05) is 0 Å². The number of ether oxygens (including phenoxy) is 1. The van der Waals surface area contributed by atoms with Crippen LogP contribution in [-0.4, -0.2) is 13.1 Å². The topological polar surface area (TPSA) is 65.5 Å². The van der Waals surface area contributed by atoms with E-state index in [-0.39, 0.29) is 5.88 Å². The van der Waals surface area contributed by atoms with Gasteiger partial charge in [0.05, 0.1) is 7.11 Å². The molecule has 1 heterocycles. The summed E-state index contributed by atoms with van der Waals surface area (Å²) in [5.41, 5.74) is 5.68. The molecule has 0 radical (unpaired) electrons. The highest BCUT2D eigenvalue weighted by atomic mass is 16.5. The summed E-state index contributed by atoms with van der Waals surface area (Å²) < 4.78 is 9.39. The summed E-state index contributed by atoms with van der Waals surface area (Å²) in [4.78, 5) is 10.9. The van der Waals surface area contributed by atoms with Crippen molar-refractivity contribution >= 4 is 11.9 Å². The molecule has 1 rings (SSSR count). The van der Waals surface area contributed by atoms with Crippen LogP contribution in [0, 0.1) is 6.92 Å². The van der Waals surface area contributed by atoms with Crippen LogP contribution in [0.25, 0.3) is 0 Å². The average Bonchev–Trinajstić information content (AvgIpc) is 2.28. The highest BCUT2D eigenvalue weighted by molar-refractivity contribution is 5.91. The molecule has 1 aromatic heterocycles. The molecule has 0 amide bonds. The first-order chi connectivity index (χ1) is 5.15. The molecule has 0 unspecified atom stereocenters. The van der Waals surface area contributed by atoms with Crippen molar-refractivity contribution in [2.75, 3.05) is 12.8 Å². The van der Waals surface area contributed by atoms with Gasteiger partial charge in [0.1, 0.15) is 11.3 Å². The van der Waals surface area contributed by atoms with Crippen molar-refractivity contribution < 1.29 is 13.9 Å². The molecule has 0 aromatic carbocycles. The molecule has 0 aliphatic rings. The third kappa shape index (κ3) is 1.34. The number of hydrogen-bond acceptors (Lipinski definition) is 4. The van der Waals surface area contributed by atoms with Gasteiger partial charge >= 0.3 is 5.97 Å². The lowest BCUT2D eigenvalue weighted by Gasteiger charge is -1.93. The molecule has 60 valence electrons. The van der Waals surface area contributed by atoms with Crippen molar-refractivity contribution in [3.8, 4) is 0 Å². The highest BCUT2D eigenvalue weighted by Crippen LogP contribution is 2.16. The van der Waals surface area contributed by atoms with Crippen molar-refractivity contribution in [1.82, 2.24) is 0 Å². The summed E-state index contributed by atoms with van der Waals surface area (Å²) >= 11 is 0. The molecule has 4 heteroatoms. The Labute approximate surface area is 63.9 Å². The predicted molar refractivity (Wildman–Crippen MR) is 39.2 cm³/mol. The number of nitrogen functional groups attached to an aromatic ring is 1. The summed E-state index contributed by atoms with van der Waals surface area (Å²) in [5, 5.41) is 0. The Balaban J connectivity index is 3.03. The molecule has 11 heavy (non-hydrogen) atoms. The number of esters is 1. The smallest absolute Gasteiger partial charge is 0.341 e. The molecule has 0 spiro atoms. The minimum atomic E-state index is -0.428. The summed E-state index contributed by atoms with van der Waals surface area (Å²) in [6.45, 7) is 1.66. The fourth-order valence-electron chi connectivity index (χ4n) is 0.818. The Morgan fingerprint density at radius 2 is 2.36 bits per heavy atom. The van der Waals surface area contributed by atoms with Gasteiger partial charge in [-0.25, -0.2) is 4.79 Å². The number of carbonyl (C=O) groups excluding carboxylic acids is 1. The van der Waals surface area contributed by atoms with Crippen LogP contribution in [-0.2, 0) is 4.74 Å². The van der Waals surface area contributed by atoms with Gasteiger partial charge in [0.15, 0.2) is 5.88 Å². The summed E-state index contributed by atoms with van der Waals surface area (Å²) in [6, 6.07) is 1.45. The van der Waals surface area contributed by atoms with Gasteiger partial charge in [-0.1, -0.05) is 0 Å². The number of hydrogen-bond donors (Lipinski definition) is 1. The van der Waals surface area contributed by atoms with Gasteiger partial charge < -0.3 is 14.9 Å². The predicted octanol–water partition coefficient (Wildman–Crippen LogP) is 0.957. The zero-order valence-corrected chi connectivity index (χ0v) is 6.38. The maximum atomic E-state index is 10.9. The minimum absolute atomic E-state index is 0.225. The largest absolute Gasteiger partial charge is 0.465 e. The lowest BCUT2D eigenvalue weighted by Crippen LogP contribution is -2.00. The molecule has 0 saturated heterocycles. The first-order valence-corrected chi connectivity index (χ1v) is 3.09. The summed E-state index contributed by atoms with van der Waals surface area (Å²) in [5.74, 6) is 0.278. The lowest BCUT2D eigenvalue weighted by molar-refractivity contribution is 0.0599. The Morgan fingerprint density at radius 1 is 1.73 bits per heavy atom. The molecule has 0 aliphatic heterocycles. The average molecular weight is 155 g/mol. The molecular weight excluding hydrogens is 146 g/mol. The zero-order valence-electron chi connectivity index (χ0n) is 6.38. The van der Waals surface area contributed by atoms with E-state index in [9.17, 15) is 4.79 Å². The van der Waals surface area contributed by atoms with Crippen molar-refractivity contribution in [2.24, 2.45) is 0 Å². The van der Waals surface area contributed by atoms with Crippen LogP contribution in [0.5, 0.6) is 0 Å². The maximum absolute atomic E-state index is 10.9. The maximum Gasteiger partial charge on any atom is 0.341 e. The standard InChI is InChI=1S/C7H9NO3/c1-4-5(7(9)10-2)3-6(8)11-4/h3H,8H2,1-2H3. The molecule has 4 nitrogen and oxygen atoms in total. The van der Waals surface area contributed by atoms with Gasteiger partial charge in [-0.2, -0.15) is 0 Å². The van der Waals surface area contributed by atoms with Gasteiger partial charge in [-0.15, -0.1) is 0 Å². The molecule has 0 saturated carbocycles. The first kappa shape index (κ1) is 7.65. The molecular formula is C7H9NO3. The third-order valence-corrected chi connectivity index (χ3v) is 1.34. The quantitative estimate of drug-likeness (QED) is 0.613. The van der Waals surface area contributed by atoms with E-state index in [0.29, 0.717) is 11.3 Å². The van der Waals surface area contributed by atoms with E-state index in [2.05, 4.69) is 4.74 Å². The highest BCUT2D eigenvalue weighted by Gasteiger charge is 2.13. The number of aryl methyl sites for hydroxylation is 1. The summed E-state index contributed by atoms with van der Waals surface area (Å²) in [7, 11) is 1.31. The van der Waals surface area contributed by atoms with Gasteiger partial charge in [0.2, 0.25) is 0 Å². The third-order valence-electron chi connectivity index (χ3n) is 1.34. The van der Waals surface area contributed by atoms with Gasteiger partial charge in [0, 0.05) is 6.07 Å². The van der Waals surface area contributed by atoms with E-state index >= 15 is 0 Å². The fourth-order valence-corrected chi connectivity index (χ4v) is 0.818. The van der Waals surface area contributed by atoms with Gasteiger partial charge in [-0.05, 0) is 6.92 Å². The number of carbonyl (C=O) groups is 1. The number of nitrogens with two attached hydrogens (primary N) is 1. The van der Waals surface area contributed by atoms with Crippen LogP contribution in [0.15, 0.2) is 10.5 Å². The number of methoxy groups -OCH3 is 1. The van der Waals surface area contributed by atoms with E-state index in [1.54, 1.807) is 6.92 Å². The van der Waals surface area contributed by atoms with Crippen molar-refractivity contribution in [1.29, 1.82) is 0 Å². The zero-order chi connectivity index (χ0) is 8.43. The monoisotopic (exact) mass is 155 g/mol. The van der Waals surface area contributed by atoms with Gasteiger partial charge in [-0.3, -0.25) is 0 Å². The Kier molecular flexibility index (Phi) is 1.85. The van der Waals surface area contributed by atoms with Crippen LogP contribution in [0.1, 0.15) is 16.1 Å². The Morgan fingerprint density at radius 3 is 2.73 bits per heavy atom. The SMILES string of the molecule is COC(=O)c1cc(N)oc1C. The molecule has 0 fully saturated rings. The second-order valence-electron chi connectivity index (χ2n) is 2.11. The first-order valence-electron chi connectivity index (χ1n) is 3.09. The fraction of sp³-hybridized carbons (Fsp3) is 0.286. The van der Waals surface area contributed by atoms with Crippen molar-refractivity contribution in [3.63, 3.8) is 0 Å². The van der Waals surface area contributed by atoms with Crippen molar-refractivity contribution in [3.05, 3.63) is 17.4 Å².